The number of para-hydroxylation sites is 1. The van der Waals surface area contributed by atoms with Crippen molar-refractivity contribution in [3.63, 3.8) is 0 Å². The van der Waals surface area contributed by atoms with Gasteiger partial charge >= 0.3 is 0 Å². The smallest absolute Gasteiger partial charge is 0.251 e. The Kier molecular flexibility index (Phi) is 5.22. The van der Waals surface area contributed by atoms with Crippen LogP contribution in [0.15, 0.2) is 48.7 Å². The minimum atomic E-state index is -0.537. The number of ether oxygens (including phenoxy) is 2. The number of anilines is 1. The number of fused-ring (bicyclic) bond motifs is 1. The van der Waals surface area contributed by atoms with Gasteiger partial charge in [0, 0.05) is 41.8 Å². The second-order valence-electron chi connectivity index (χ2n) is 6.96. The highest BCUT2D eigenvalue weighted by atomic mass is 16.5. The van der Waals surface area contributed by atoms with Crippen molar-refractivity contribution < 1.29 is 19.1 Å². The Bertz CT molecular complexity index is 1040. The van der Waals surface area contributed by atoms with E-state index < -0.39 is 6.04 Å². The van der Waals surface area contributed by atoms with E-state index in [0.717, 1.165) is 11.9 Å². The molecule has 150 valence electrons. The highest BCUT2D eigenvalue weighted by molar-refractivity contribution is 6.22. The van der Waals surface area contributed by atoms with Crippen molar-refractivity contribution in [2.75, 3.05) is 25.7 Å². The molecule has 1 aliphatic rings. The third kappa shape index (κ3) is 3.69. The lowest BCUT2D eigenvalue weighted by molar-refractivity contribution is -0.121. The number of methoxy groups -OCH3 is 2. The van der Waals surface area contributed by atoms with E-state index >= 15 is 0 Å². The molecule has 1 fully saturated rings. The number of aromatic nitrogens is 1. The Labute approximate surface area is 168 Å². The molecule has 29 heavy (non-hydrogen) atoms. The number of carbonyl (C=O) groups is 2. The maximum atomic E-state index is 12.9. The molecular weight excluding hydrogens is 370 g/mol. The first-order chi connectivity index (χ1) is 14.1. The van der Waals surface area contributed by atoms with Crippen LogP contribution in [0, 0.1) is 0 Å². The van der Waals surface area contributed by atoms with Gasteiger partial charge in [-0.25, -0.2) is 4.90 Å². The van der Waals surface area contributed by atoms with Gasteiger partial charge < -0.3 is 19.8 Å². The van der Waals surface area contributed by atoms with E-state index in [2.05, 4.69) is 16.4 Å². The molecule has 3 aromatic rings. The van der Waals surface area contributed by atoms with Crippen LogP contribution in [0.1, 0.15) is 12.0 Å². The summed E-state index contributed by atoms with van der Waals surface area (Å²) in [5.74, 6) is 0.547. The lowest BCUT2D eigenvalue weighted by atomic mass is 10.1. The van der Waals surface area contributed by atoms with Crippen LogP contribution in [-0.4, -0.2) is 43.6 Å². The van der Waals surface area contributed by atoms with E-state index in [9.17, 15) is 9.59 Å². The van der Waals surface area contributed by atoms with E-state index in [1.165, 1.54) is 30.1 Å². The predicted molar refractivity (Wildman–Crippen MR) is 110 cm³/mol. The van der Waals surface area contributed by atoms with E-state index in [4.69, 9.17) is 9.47 Å². The standard InChI is InChI=1S/C22H23N3O4/c1-28-16-9-15(10-17(11-16)29-2)25-21(26)12-20(22(25)27)23-8-7-14-13-24-19-6-4-3-5-18(14)19/h3-6,9-11,13,20,23-24H,7-8,12H2,1-2H3/t20-/m1/s1. The fourth-order valence-electron chi connectivity index (χ4n) is 3.70. The predicted octanol–water partition coefficient (Wildman–Crippen LogP) is 2.65. The van der Waals surface area contributed by atoms with Gasteiger partial charge in [0.1, 0.15) is 11.5 Å². The first kappa shape index (κ1) is 19.0. The lowest BCUT2D eigenvalue weighted by Crippen LogP contribution is -2.39. The van der Waals surface area contributed by atoms with Gasteiger partial charge in [0.25, 0.3) is 5.91 Å². The third-order valence-corrected chi connectivity index (χ3v) is 5.20. The minimum Gasteiger partial charge on any atom is -0.497 e. The zero-order chi connectivity index (χ0) is 20.4. The Morgan fingerprint density at radius 2 is 1.83 bits per heavy atom. The number of hydrogen-bond donors (Lipinski definition) is 2. The first-order valence-corrected chi connectivity index (χ1v) is 9.49. The quantitative estimate of drug-likeness (QED) is 0.603. The molecule has 0 unspecified atom stereocenters. The summed E-state index contributed by atoms with van der Waals surface area (Å²) in [6.07, 6.45) is 2.88. The third-order valence-electron chi connectivity index (χ3n) is 5.20. The molecule has 2 aromatic carbocycles. The Morgan fingerprint density at radius 1 is 1.10 bits per heavy atom. The fourth-order valence-corrected chi connectivity index (χ4v) is 3.70. The van der Waals surface area contributed by atoms with Gasteiger partial charge in [-0.3, -0.25) is 9.59 Å². The summed E-state index contributed by atoms with van der Waals surface area (Å²) >= 11 is 0. The number of nitrogens with zero attached hydrogens (tertiary/aromatic N) is 1. The van der Waals surface area contributed by atoms with Crippen LogP contribution in [0.4, 0.5) is 5.69 Å². The fraction of sp³-hybridized carbons (Fsp3) is 0.273. The zero-order valence-corrected chi connectivity index (χ0v) is 16.4. The summed E-state index contributed by atoms with van der Waals surface area (Å²) in [4.78, 5) is 29.9. The van der Waals surface area contributed by atoms with Gasteiger partial charge in [-0.15, -0.1) is 0 Å². The van der Waals surface area contributed by atoms with Crippen LogP contribution < -0.4 is 19.7 Å². The molecule has 0 aliphatic carbocycles. The molecule has 1 aromatic heterocycles. The van der Waals surface area contributed by atoms with Crippen molar-refractivity contribution in [2.24, 2.45) is 0 Å². The molecule has 0 spiro atoms. The molecule has 0 bridgehead atoms. The molecule has 1 saturated heterocycles. The molecule has 0 saturated carbocycles. The number of nitrogens with one attached hydrogen (secondary N) is 2. The number of rotatable bonds is 7. The Hall–Kier alpha value is -3.32. The van der Waals surface area contributed by atoms with E-state index in [0.29, 0.717) is 23.7 Å². The molecule has 2 amide bonds. The number of amides is 2. The lowest BCUT2D eigenvalue weighted by Gasteiger charge is -2.17. The van der Waals surface area contributed by atoms with Crippen LogP contribution >= 0.6 is 0 Å². The average Bonchev–Trinajstić information content (AvgIpc) is 3.28. The summed E-state index contributed by atoms with van der Waals surface area (Å²) in [7, 11) is 3.06. The van der Waals surface area contributed by atoms with Crippen LogP contribution in [0.2, 0.25) is 0 Å². The largest absolute Gasteiger partial charge is 0.497 e. The number of carbonyl (C=O) groups excluding carboxylic acids is 2. The highest BCUT2D eigenvalue weighted by Gasteiger charge is 2.39. The van der Waals surface area contributed by atoms with E-state index in [1.807, 2.05) is 24.4 Å². The molecule has 1 atom stereocenters. The monoisotopic (exact) mass is 393 g/mol. The number of imide groups is 1. The second-order valence-corrected chi connectivity index (χ2v) is 6.96. The topological polar surface area (TPSA) is 83.7 Å². The normalized spacial score (nSPS) is 16.6. The van der Waals surface area contributed by atoms with Gasteiger partial charge in [-0.05, 0) is 18.1 Å². The molecule has 2 heterocycles. The van der Waals surface area contributed by atoms with Crippen LogP contribution in [0.5, 0.6) is 11.5 Å². The first-order valence-electron chi connectivity index (χ1n) is 9.49. The number of aromatic amines is 1. The molecule has 4 rings (SSSR count). The van der Waals surface area contributed by atoms with Gasteiger partial charge in [-0.2, -0.15) is 0 Å². The average molecular weight is 393 g/mol. The van der Waals surface area contributed by atoms with Gasteiger partial charge in [0.2, 0.25) is 5.91 Å². The van der Waals surface area contributed by atoms with Gasteiger partial charge in [0.15, 0.2) is 0 Å². The summed E-state index contributed by atoms with van der Waals surface area (Å²) in [5.41, 5.74) is 2.73. The molecule has 7 nitrogen and oxygen atoms in total. The van der Waals surface area contributed by atoms with Gasteiger partial charge in [-0.1, -0.05) is 18.2 Å². The van der Waals surface area contributed by atoms with Crippen molar-refractivity contribution >= 4 is 28.4 Å². The van der Waals surface area contributed by atoms with Crippen molar-refractivity contribution in [2.45, 2.75) is 18.9 Å². The highest BCUT2D eigenvalue weighted by Crippen LogP contribution is 2.31. The maximum absolute atomic E-state index is 12.9. The SMILES string of the molecule is COc1cc(OC)cc(N2C(=O)C[C@@H](NCCc3c[nH]c4ccccc34)C2=O)c1. The van der Waals surface area contributed by atoms with Crippen molar-refractivity contribution in [1.82, 2.24) is 10.3 Å². The van der Waals surface area contributed by atoms with E-state index in [-0.39, 0.29) is 18.2 Å². The molecule has 2 N–H and O–H groups in total. The Morgan fingerprint density at radius 3 is 2.55 bits per heavy atom. The summed E-state index contributed by atoms with van der Waals surface area (Å²) < 4.78 is 10.5. The van der Waals surface area contributed by atoms with Crippen molar-refractivity contribution in [1.29, 1.82) is 0 Å². The summed E-state index contributed by atoms with van der Waals surface area (Å²) in [6, 6.07) is 12.6. The molecule has 0 radical (unpaired) electrons. The maximum Gasteiger partial charge on any atom is 0.251 e. The molecular formula is C22H23N3O4. The summed E-state index contributed by atoms with van der Waals surface area (Å²) in [5, 5.41) is 4.41. The van der Waals surface area contributed by atoms with E-state index in [1.54, 1.807) is 18.2 Å². The van der Waals surface area contributed by atoms with Crippen LogP contribution in [0.25, 0.3) is 10.9 Å². The van der Waals surface area contributed by atoms with Crippen LogP contribution in [0.3, 0.4) is 0 Å². The van der Waals surface area contributed by atoms with Crippen molar-refractivity contribution in [3.05, 3.63) is 54.2 Å². The number of H-pyrrole nitrogens is 1. The molecule has 7 heteroatoms. The Balaban J connectivity index is 1.44. The minimum absolute atomic E-state index is 0.131. The molecule has 1 aliphatic heterocycles. The second kappa shape index (κ2) is 7.97. The zero-order valence-electron chi connectivity index (χ0n) is 16.4. The summed E-state index contributed by atoms with van der Waals surface area (Å²) in [6.45, 7) is 0.598. The van der Waals surface area contributed by atoms with Crippen LogP contribution in [-0.2, 0) is 16.0 Å². The van der Waals surface area contributed by atoms with Gasteiger partial charge in [0.05, 0.1) is 32.4 Å². The number of benzene rings is 2. The number of hydrogen-bond acceptors (Lipinski definition) is 5. The van der Waals surface area contributed by atoms with Crippen molar-refractivity contribution in [3.8, 4) is 11.5 Å².